The highest BCUT2D eigenvalue weighted by atomic mass is 16.5. The summed E-state index contributed by atoms with van der Waals surface area (Å²) in [7, 11) is 1.54. The zero-order valence-electron chi connectivity index (χ0n) is 15.5. The second-order valence-corrected chi connectivity index (χ2v) is 6.20. The number of anilines is 2. The number of aromatic nitrogens is 2. The molecule has 0 aliphatic carbocycles. The maximum Gasteiger partial charge on any atom is 0.162 e. The molecule has 3 rings (SSSR count). The number of aromatic hydroxyl groups is 1. The fourth-order valence-corrected chi connectivity index (χ4v) is 3.08. The van der Waals surface area contributed by atoms with E-state index in [9.17, 15) is 5.11 Å². The van der Waals surface area contributed by atoms with E-state index in [4.69, 9.17) is 4.74 Å². The van der Waals surface area contributed by atoms with Crippen LogP contribution in [0.4, 0.5) is 11.4 Å². The van der Waals surface area contributed by atoms with Crippen molar-refractivity contribution in [3.63, 3.8) is 0 Å². The second kappa shape index (κ2) is 7.95. The van der Waals surface area contributed by atoms with E-state index >= 15 is 0 Å². The Bertz CT molecular complexity index is 928. The molecule has 5 heteroatoms. The van der Waals surface area contributed by atoms with Crippen molar-refractivity contribution in [1.82, 2.24) is 9.97 Å². The van der Waals surface area contributed by atoms with Crippen LogP contribution in [0.2, 0.25) is 0 Å². The first kappa shape index (κ1) is 17.9. The molecule has 2 aromatic heterocycles. The Morgan fingerprint density at radius 2 is 2.12 bits per heavy atom. The van der Waals surface area contributed by atoms with Gasteiger partial charge in [0, 0.05) is 29.0 Å². The lowest BCUT2D eigenvalue weighted by atomic mass is 10.1. The zero-order valence-corrected chi connectivity index (χ0v) is 15.5. The number of H-pyrrole nitrogens is 1. The van der Waals surface area contributed by atoms with Crippen LogP contribution in [-0.2, 0) is 0 Å². The van der Waals surface area contributed by atoms with Crippen molar-refractivity contribution in [3.05, 3.63) is 48.3 Å². The highest BCUT2D eigenvalue weighted by molar-refractivity contribution is 5.94. The fourth-order valence-electron chi connectivity index (χ4n) is 3.08. The molecule has 2 heterocycles. The number of allylic oxidation sites excluding steroid dienone is 2. The van der Waals surface area contributed by atoms with Crippen LogP contribution >= 0.6 is 0 Å². The smallest absolute Gasteiger partial charge is 0.162 e. The number of nitrogens with zero attached hydrogens (tertiary/aromatic N) is 1. The van der Waals surface area contributed by atoms with E-state index in [1.807, 2.05) is 12.1 Å². The standard InChI is InChI=1S/C21H25N3O2/c1-4-6-14(7-5-2)18-13-16-17(10-11-22-21(16)24-18)23-15-8-9-19(25)20(12-15)26-3/h6,8-13,25H,4-5,7H2,1-3H3,(H2,22,23,24)/b14-6+. The molecule has 5 nitrogen and oxygen atoms in total. The Kier molecular flexibility index (Phi) is 5.46. The van der Waals surface area contributed by atoms with Gasteiger partial charge in [-0.15, -0.1) is 0 Å². The molecule has 26 heavy (non-hydrogen) atoms. The Morgan fingerprint density at radius 1 is 1.27 bits per heavy atom. The summed E-state index contributed by atoms with van der Waals surface area (Å²) < 4.78 is 5.18. The number of pyridine rings is 1. The van der Waals surface area contributed by atoms with Gasteiger partial charge in [-0.3, -0.25) is 0 Å². The lowest BCUT2D eigenvalue weighted by molar-refractivity contribution is 0.374. The number of fused-ring (bicyclic) bond motifs is 1. The molecule has 0 aliphatic heterocycles. The molecule has 0 amide bonds. The Hall–Kier alpha value is -2.95. The summed E-state index contributed by atoms with van der Waals surface area (Å²) in [6.45, 7) is 4.34. The fraction of sp³-hybridized carbons (Fsp3) is 0.286. The number of phenolic OH excluding ortho intramolecular Hbond substituents is 1. The third-order valence-corrected chi connectivity index (χ3v) is 4.31. The number of hydrogen-bond donors (Lipinski definition) is 3. The van der Waals surface area contributed by atoms with Crippen molar-refractivity contribution in [3.8, 4) is 11.5 Å². The van der Waals surface area contributed by atoms with E-state index in [0.29, 0.717) is 5.75 Å². The largest absolute Gasteiger partial charge is 0.504 e. The second-order valence-electron chi connectivity index (χ2n) is 6.20. The van der Waals surface area contributed by atoms with E-state index in [-0.39, 0.29) is 5.75 Å². The number of benzene rings is 1. The summed E-state index contributed by atoms with van der Waals surface area (Å²) in [6, 6.07) is 9.30. The molecule has 3 N–H and O–H groups in total. The average molecular weight is 351 g/mol. The van der Waals surface area contributed by atoms with Crippen LogP contribution in [-0.4, -0.2) is 22.2 Å². The highest BCUT2D eigenvalue weighted by Gasteiger charge is 2.10. The minimum atomic E-state index is 0.121. The summed E-state index contributed by atoms with van der Waals surface area (Å²) in [6.07, 6.45) is 7.21. The summed E-state index contributed by atoms with van der Waals surface area (Å²) in [5.74, 6) is 0.557. The molecule has 0 saturated heterocycles. The van der Waals surface area contributed by atoms with Crippen LogP contribution in [0.1, 0.15) is 38.8 Å². The van der Waals surface area contributed by atoms with Gasteiger partial charge in [0.2, 0.25) is 0 Å². The normalized spacial score (nSPS) is 11.7. The van der Waals surface area contributed by atoms with Crippen LogP contribution in [0.15, 0.2) is 42.6 Å². The number of phenols is 1. The van der Waals surface area contributed by atoms with Crippen LogP contribution in [0.3, 0.4) is 0 Å². The molecule has 0 aliphatic rings. The topological polar surface area (TPSA) is 70.2 Å². The maximum atomic E-state index is 9.76. The van der Waals surface area contributed by atoms with Gasteiger partial charge in [0.15, 0.2) is 11.5 Å². The predicted octanol–water partition coefficient (Wildman–Crippen LogP) is 5.61. The number of methoxy groups -OCH3 is 1. The molecular weight excluding hydrogens is 326 g/mol. The monoisotopic (exact) mass is 351 g/mol. The first-order valence-corrected chi connectivity index (χ1v) is 8.97. The quantitative estimate of drug-likeness (QED) is 0.484. The summed E-state index contributed by atoms with van der Waals surface area (Å²) in [5, 5.41) is 14.2. The highest BCUT2D eigenvalue weighted by Crippen LogP contribution is 2.33. The summed E-state index contributed by atoms with van der Waals surface area (Å²) in [5.41, 5.74) is 5.10. The molecule has 136 valence electrons. The first-order chi connectivity index (χ1) is 12.7. The van der Waals surface area contributed by atoms with Gasteiger partial charge < -0.3 is 20.1 Å². The van der Waals surface area contributed by atoms with Crippen molar-refractivity contribution in [2.45, 2.75) is 33.1 Å². The lowest BCUT2D eigenvalue weighted by Crippen LogP contribution is -1.93. The van der Waals surface area contributed by atoms with Crippen LogP contribution in [0.25, 0.3) is 16.6 Å². The van der Waals surface area contributed by atoms with Gasteiger partial charge in [-0.2, -0.15) is 0 Å². The van der Waals surface area contributed by atoms with Crippen molar-refractivity contribution in [2.24, 2.45) is 0 Å². The zero-order chi connectivity index (χ0) is 18.5. The molecule has 0 unspecified atom stereocenters. The van der Waals surface area contributed by atoms with Crippen molar-refractivity contribution < 1.29 is 9.84 Å². The summed E-state index contributed by atoms with van der Waals surface area (Å²) in [4.78, 5) is 7.91. The Morgan fingerprint density at radius 3 is 2.85 bits per heavy atom. The van der Waals surface area contributed by atoms with E-state index in [1.165, 1.54) is 12.7 Å². The minimum absolute atomic E-state index is 0.121. The molecule has 0 saturated carbocycles. The minimum Gasteiger partial charge on any atom is -0.504 e. The average Bonchev–Trinajstić information content (AvgIpc) is 3.08. The van der Waals surface area contributed by atoms with Gasteiger partial charge in [0.05, 0.1) is 12.8 Å². The first-order valence-electron chi connectivity index (χ1n) is 8.97. The molecule has 1 aromatic carbocycles. The summed E-state index contributed by atoms with van der Waals surface area (Å²) >= 11 is 0. The SMILES string of the molecule is CC/C=C(\CCC)c1cc2c(Nc3ccc(O)c(OC)c3)ccnc2[nH]1. The van der Waals surface area contributed by atoms with E-state index in [0.717, 1.165) is 47.4 Å². The Balaban J connectivity index is 1.98. The third-order valence-electron chi connectivity index (χ3n) is 4.31. The van der Waals surface area contributed by atoms with Crippen LogP contribution < -0.4 is 10.1 Å². The number of ether oxygens (including phenoxy) is 1. The molecule has 0 radical (unpaired) electrons. The number of nitrogens with one attached hydrogen (secondary N) is 2. The van der Waals surface area contributed by atoms with Gasteiger partial charge >= 0.3 is 0 Å². The van der Waals surface area contributed by atoms with Gasteiger partial charge in [-0.1, -0.05) is 26.3 Å². The van der Waals surface area contributed by atoms with E-state index in [1.54, 1.807) is 18.3 Å². The van der Waals surface area contributed by atoms with Gasteiger partial charge in [0.1, 0.15) is 5.65 Å². The number of rotatable bonds is 7. The van der Waals surface area contributed by atoms with Gasteiger partial charge in [-0.25, -0.2) is 4.98 Å². The molecule has 0 spiro atoms. The lowest BCUT2D eigenvalue weighted by Gasteiger charge is -2.10. The van der Waals surface area contributed by atoms with Crippen LogP contribution in [0.5, 0.6) is 11.5 Å². The van der Waals surface area contributed by atoms with Gasteiger partial charge in [0.25, 0.3) is 0 Å². The van der Waals surface area contributed by atoms with E-state index in [2.05, 4.69) is 41.3 Å². The van der Waals surface area contributed by atoms with Gasteiger partial charge in [-0.05, 0) is 42.7 Å². The van der Waals surface area contributed by atoms with E-state index < -0.39 is 0 Å². The molecule has 3 aromatic rings. The van der Waals surface area contributed by atoms with Crippen LogP contribution in [0, 0.1) is 0 Å². The molecular formula is C21H25N3O2. The third kappa shape index (κ3) is 3.67. The molecule has 0 bridgehead atoms. The van der Waals surface area contributed by atoms with Crippen molar-refractivity contribution >= 4 is 28.0 Å². The number of aromatic amines is 1. The van der Waals surface area contributed by atoms with Crippen molar-refractivity contribution in [2.75, 3.05) is 12.4 Å². The number of hydrogen-bond acceptors (Lipinski definition) is 4. The molecule has 0 atom stereocenters. The Labute approximate surface area is 153 Å². The molecule has 0 fully saturated rings. The maximum absolute atomic E-state index is 9.76. The van der Waals surface area contributed by atoms with Crippen molar-refractivity contribution in [1.29, 1.82) is 0 Å². The predicted molar refractivity (Wildman–Crippen MR) is 107 cm³/mol.